The van der Waals surface area contributed by atoms with Crippen molar-refractivity contribution in [1.29, 1.82) is 0 Å². The molecule has 3 amide bonds. The summed E-state index contributed by atoms with van der Waals surface area (Å²) in [6.45, 7) is 11.5. The van der Waals surface area contributed by atoms with E-state index in [9.17, 15) is 14.4 Å². The van der Waals surface area contributed by atoms with Crippen LogP contribution in [-0.2, 0) is 9.59 Å². The van der Waals surface area contributed by atoms with E-state index in [4.69, 9.17) is 0 Å². The molecule has 2 rings (SSSR count). The Bertz CT molecular complexity index is 624. The number of imide groups is 1. The van der Waals surface area contributed by atoms with Crippen molar-refractivity contribution in [3.8, 4) is 0 Å². The Balaban J connectivity index is 1.64. The topological polar surface area (TPSA) is 78.5 Å². The summed E-state index contributed by atoms with van der Waals surface area (Å²) in [5.74, 6) is 0.142. The molecule has 1 spiro atoms. The summed E-state index contributed by atoms with van der Waals surface area (Å²) in [4.78, 5) is 37.7. The van der Waals surface area contributed by atoms with Crippen molar-refractivity contribution in [1.82, 2.24) is 15.5 Å². The summed E-state index contributed by atoms with van der Waals surface area (Å²) >= 11 is 0. The molecular formula is C25H45N3O3. The number of rotatable bonds is 13. The molecule has 2 aliphatic heterocycles. The van der Waals surface area contributed by atoms with Crippen LogP contribution in [0.2, 0.25) is 0 Å². The van der Waals surface area contributed by atoms with Gasteiger partial charge in [-0.25, -0.2) is 4.79 Å². The molecule has 6 nitrogen and oxygen atoms in total. The summed E-state index contributed by atoms with van der Waals surface area (Å²) in [5, 5.41) is 5.37. The predicted octanol–water partition coefficient (Wildman–Crippen LogP) is 5.10. The van der Waals surface area contributed by atoms with Crippen LogP contribution in [0.4, 0.5) is 4.79 Å². The normalized spacial score (nSPS) is 21.8. The van der Waals surface area contributed by atoms with E-state index in [1.54, 1.807) is 6.92 Å². The third-order valence-electron chi connectivity index (χ3n) is 7.11. The van der Waals surface area contributed by atoms with Gasteiger partial charge in [-0.2, -0.15) is 0 Å². The van der Waals surface area contributed by atoms with Crippen LogP contribution in [-0.4, -0.2) is 45.8 Å². The molecule has 178 valence electrons. The van der Waals surface area contributed by atoms with E-state index in [0.717, 1.165) is 19.4 Å². The first-order chi connectivity index (χ1) is 14.5. The second-order valence-corrected chi connectivity index (χ2v) is 11.1. The number of nitrogens with one attached hydrogen (secondary N) is 2. The Labute approximate surface area is 189 Å². The zero-order valence-electron chi connectivity index (χ0n) is 20.6. The number of likely N-dealkylation sites (tertiary alicyclic amines) is 1. The van der Waals surface area contributed by atoms with E-state index >= 15 is 0 Å². The maximum Gasteiger partial charge on any atom is 0.322 e. The SMILES string of the molecule is CC(=O)CCCCCCCCCCCCN1C(C)(C)CC2(CC1(C)C)NC(=O)NC2=O. The highest BCUT2D eigenvalue weighted by Gasteiger charge is 2.58. The summed E-state index contributed by atoms with van der Waals surface area (Å²) in [5.41, 5.74) is -1.08. The molecular weight excluding hydrogens is 390 g/mol. The van der Waals surface area contributed by atoms with Gasteiger partial charge in [0.2, 0.25) is 0 Å². The number of piperidine rings is 1. The van der Waals surface area contributed by atoms with Crippen molar-refractivity contribution in [2.24, 2.45) is 0 Å². The summed E-state index contributed by atoms with van der Waals surface area (Å²) in [7, 11) is 0. The van der Waals surface area contributed by atoms with Gasteiger partial charge in [-0.05, 0) is 66.8 Å². The number of hydrogen-bond donors (Lipinski definition) is 2. The number of carbonyl (C=O) groups excluding carboxylic acids is 3. The van der Waals surface area contributed by atoms with Gasteiger partial charge >= 0.3 is 6.03 Å². The largest absolute Gasteiger partial charge is 0.323 e. The molecule has 2 aliphatic rings. The summed E-state index contributed by atoms with van der Waals surface area (Å²) < 4.78 is 0. The minimum atomic E-state index is -0.771. The Morgan fingerprint density at radius 1 is 0.806 bits per heavy atom. The van der Waals surface area contributed by atoms with Gasteiger partial charge < -0.3 is 10.1 Å². The molecule has 0 radical (unpaired) electrons. The monoisotopic (exact) mass is 435 g/mol. The first-order valence-corrected chi connectivity index (χ1v) is 12.4. The molecule has 2 saturated heterocycles. The smallest absolute Gasteiger partial charge is 0.322 e. The molecule has 31 heavy (non-hydrogen) atoms. The molecule has 0 aromatic rings. The van der Waals surface area contributed by atoms with Crippen molar-refractivity contribution in [3.05, 3.63) is 0 Å². The molecule has 0 aliphatic carbocycles. The van der Waals surface area contributed by atoms with Crippen LogP contribution in [0.1, 0.15) is 118 Å². The molecule has 0 atom stereocenters. The molecule has 0 saturated carbocycles. The van der Waals surface area contributed by atoms with Gasteiger partial charge in [-0.1, -0.05) is 51.4 Å². The fourth-order valence-corrected chi connectivity index (χ4v) is 5.99. The zero-order valence-corrected chi connectivity index (χ0v) is 20.6. The lowest BCUT2D eigenvalue weighted by Gasteiger charge is -2.57. The number of carbonyl (C=O) groups is 3. The number of amides is 3. The van der Waals surface area contributed by atoms with Crippen LogP contribution < -0.4 is 10.6 Å². The van der Waals surface area contributed by atoms with E-state index in [1.165, 1.54) is 57.8 Å². The zero-order chi connectivity index (χ0) is 23.1. The number of ketones is 1. The maximum absolute atomic E-state index is 12.5. The maximum atomic E-state index is 12.5. The van der Waals surface area contributed by atoms with Crippen molar-refractivity contribution in [2.75, 3.05) is 6.54 Å². The highest BCUT2D eigenvalue weighted by molar-refractivity contribution is 6.07. The Morgan fingerprint density at radius 2 is 1.26 bits per heavy atom. The van der Waals surface area contributed by atoms with E-state index in [1.807, 2.05) is 0 Å². The van der Waals surface area contributed by atoms with Gasteiger partial charge in [-0.3, -0.25) is 15.0 Å². The van der Waals surface area contributed by atoms with Crippen molar-refractivity contribution >= 4 is 17.7 Å². The van der Waals surface area contributed by atoms with Crippen LogP contribution in [0, 0.1) is 0 Å². The van der Waals surface area contributed by atoms with E-state index in [-0.39, 0.29) is 23.0 Å². The van der Waals surface area contributed by atoms with Crippen LogP contribution in [0.15, 0.2) is 0 Å². The first kappa shape index (κ1) is 25.8. The van der Waals surface area contributed by atoms with Crippen LogP contribution in [0.3, 0.4) is 0 Å². The van der Waals surface area contributed by atoms with E-state index in [0.29, 0.717) is 18.6 Å². The molecule has 0 aromatic heterocycles. The number of urea groups is 1. The molecule has 6 heteroatoms. The van der Waals surface area contributed by atoms with Gasteiger partial charge in [0.1, 0.15) is 11.3 Å². The fourth-order valence-electron chi connectivity index (χ4n) is 5.99. The minimum absolute atomic E-state index is 0.154. The molecule has 0 bridgehead atoms. The molecule has 2 heterocycles. The van der Waals surface area contributed by atoms with Gasteiger partial charge in [0.25, 0.3) is 5.91 Å². The first-order valence-electron chi connectivity index (χ1n) is 12.4. The lowest BCUT2D eigenvalue weighted by molar-refractivity contribution is -0.134. The number of Topliss-reactive ketones (excluding diaryl/α,β-unsaturated/α-hetero) is 1. The van der Waals surface area contributed by atoms with E-state index < -0.39 is 5.54 Å². The standard InChI is InChI=1S/C25H45N3O3/c1-20(29)16-14-12-10-8-6-7-9-11-13-15-17-28-23(2,3)18-25(19-24(28,4)5)21(30)26-22(31)27-25/h6-19H2,1-5H3,(H2,26,27,30,31). The lowest BCUT2D eigenvalue weighted by atomic mass is 9.69. The molecule has 2 N–H and O–H groups in total. The highest BCUT2D eigenvalue weighted by atomic mass is 16.2. The van der Waals surface area contributed by atoms with E-state index in [2.05, 4.69) is 43.2 Å². The average Bonchev–Trinajstić information content (AvgIpc) is 2.88. The Hall–Kier alpha value is -1.43. The number of unbranched alkanes of at least 4 members (excludes halogenated alkanes) is 9. The quantitative estimate of drug-likeness (QED) is 0.312. The number of hydrogen-bond acceptors (Lipinski definition) is 4. The molecule has 2 fully saturated rings. The highest BCUT2D eigenvalue weighted by Crippen LogP contribution is 2.44. The third-order valence-corrected chi connectivity index (χ3v) is 7.11. The second kappa shape index (κ2) is 10.9. The average molecular weight is 436 g/mol. The Morgan fingerprint density at radius 3 is 1.68 bits per heavy atom. The Kier molecular flexibility index (Phi) is 9.11. The summed E-state index contributed by atoms with van der Waals surface area (Å²) in [6.07, 6.45) is 14.4. The van der Waals surface area contributed by atoms with Crippen LogP contribution in [0.25, 0.3) is 0 Å². The van der Waals surface area contributed by atoms with Crippen molar-refractivity contribution < 1.29 is 14.4 Å². The van der Waals surface area contributed by atoms with Crippen molar-refractivity contribution in [2.45, 2.75) is 135 Å². The van der Waals surface area contributed by atoms with Crippen LogP contribution >= 0.6 is 0 Å². The minimum Gasteiger partial charge on any atom is -0.323 e. The second-order valence-electron chi connectivity index (χ2n) is 11.1. The molecule has 0 aromatic carbocycles. The van der Waals surface area contributed by atoms with Gasteiger partial charge in [-0.15, -0.1) is 0 Å². The third kappa shape index (κ3) is 7.30. The van der Waals surface area contributed by atoms with Crippen LogP contribution in [0.5, 0.6) is 0 Å². The molecule has 0 unspecified atom stereocenters. The van der Waals surface area contributed by atoms with Gasteiger partial charge in [0, 0.05) is 17.5 Å². The van der Waals surface area contributed by atoms with Gasteiger partial charge in [0.05, 0.1) is 0 Å². The predicted molar refractivity (Wildman–Crippen MR) is 125 cm³/mol. The fraction of sp³-hybridized carbons (Fsp3) is 0.880. The van der Waals surface area contributed by atoms with Crippen molar-refractivity contribution in [3.63, 3.8) is 0 Å². The number of nitrogens with zero attached hydrogens (tertiary/aromatic N) is 1. The summed E-state index contributed by atoms with van der Waals surface area (Å²) in [6, 6.07) is -0.360. The van der Waals surface area contributed by atoms with Gasteiger partial charge in [0.15, 0.2) is 0 Å². The lowest BCUT2D eigenvalue weighted by Crippen LogP contribution is -2.69.